The van der Waals surface area contributed by atoms with Crippen LogP contribution < -0.4 is 0 Å². The molecule has 1 aliphatic rings. The van der Waals surface area contributed by atoms with Gasteiger partial charge in [0.2, 0.25) is 16.0 Å². The predicted octanol–water partition coefficient (Wildman–Crippen LogP) is -3.44. The number of hydrogen-bond acceptors (Lipinski definition) is 3. The Hall–Kier alpha value is -0.535. The van der Waals surface area contributed by atoms with Crippen LogP contribution in [-0.4, -0.2) is 45.9 Å². The van der Waals surface area contributed by atoms with Crippen molar-refractivity contribution < 1.29 is 0 Å². The topological polar surface area (TPSA) is 18.8 Å². The van der Waals surface area contributed by atoms with Gasteiger partial charge in [0, 0.05) is 0 Å². The van der Waals surface area contributed by atoms with Crippen LogP contribution in [-0.2, 0) is 0 Å². The Bertz CT molecular complexity index is 124. The maximum absolute atomic E-state index is 4.15. The fourth-order valence-corrected chi connectivity index (χ4v) is 0.764. The summed E-state index contributed by atoms with van der Waals surface area (Å²) in [5, 5.41) is 4.15. The summed E-state index contributed by atoms with van der Waals surface area (Å²) in [6, 6.07) is 0. The van der Waals surface area contributed by atoms with Crippen LogP contribution in [0.5, 0.6) is 0 Å². The van der Waals surface area contributed by atoms with Gasteiger partial charge in [0.05, 0.1) is 12.4 Å². The molecule has 8 heavy (non-hydrogen) atoms. The van der Waals surface area contributed by atoms with Gasteiger partial charge in [-0.15, -0.1) is 0 Å². The van der Waals surface area contributed by atoms with Gasteiger partial charge in [0.25, 0.3) is 0 Å². The fraction of sp³-hybridized carbons (Fsp3) is 0.500. The molecule has 0 spiro atoms. The molecular weight excluding hydrogens is 98.5 g/mol. The quantitative estimate of drug-likeness (QED) is 0.299. The molecule has 1 rings (SSSR count). The summed E-state index contributed by atoms with van der Waals surface area (Å²) in [6.45, 7) is 0.922. The Morgan fingerprint density at radius 3 is 2.25 bits per heavy atom. The highest BCUT2D eigenvalue weighted by Crippen LogP contribution is 1.96. The minimum Gasteiger partial charge on any atom is -0.402 e. The molecule has 0 saturated heterocycles. The van der Waals surface area contributed by atoms with Gasteiger partial charge in [-0.3, -0.25) is 0 Å². The minimum absolute atomic E-state index is 0.922. The molecule has 0 aliphatic carbocycles. The van der Waals surface area contributed by atoms with Crippen molar-refractivity contribution in [2.24, 2.45) is 5.10 Å². The first-order valence-electron chi connectivity index (χ1n) is 2.67. The molecule has 0 bridgehead atoms. The molecule has 3 nitrogen and oxygen atoms in total. The molecule has 0 saturated carbocycles. The lowest BCUT2D eigenvalue weighted by Gasteiger charge is -2.11. The predicted molar refractivity (Wildman–Crippen MR) is 41.6 cm³/mol. The molecular formula is C2H8B3N3. The van der Waals surface area contributed by atoms with Crippen molar-refractivity contribution in [1.29, 1.82) is 0 Å². The van der Waals surface area contributed by atoms with E-state index >= 15 is 0 Å². The number of rotatable bonds is 0. The minimum atomic E-state index is 0.922. The first kappa shape index (κ1) is 5.60. The van der Waals surface area contributed by atoms with Crippen molar-refractivity contribution in [3.8, 4) is 0 Å². The Morgan fingerprint density at radius 2 is 2.12 bits per heavy atom. The molecule has 0 aromatic carbocycles. The van der Waals surface area contributed by atoms with Crippen LogP contribution in [0.2, 0.25) is 0 Å². The van der Waals surface area contributed by atoms with Gasteiger partial charge in [0.1, 0.15) is 0 Å². The molecule has 0 aromatic heterocycles. The molecule has 40 valence electrons. The van der Waals surface area contributed by atoms with E-state index in [1.54, 1.807) is 0 Å². The maximum Gasteiger partial charge on any atom is 0.244 e. The largest absolute Gasteiger partial charge is 0.402 e. The summed E-state index contributed by atoms with van der Waals surface area (Å²) in [6.07, 6.45) is 0. The lowest BCUT2D eigenvalue weighted by molar-refractivity contribution is 0.450. The van der Waals surface area contributed by atoms with Crippen molar-refractivity contribution in [2.45, 2.75) is 0 Å². The van der Waals surface area contributed by atoms with E-state index in [9.17, 15) is 0 Å². The molecule has 0 aromatic rings. The van der Waals surface area contributed by atoms with E-state index < -0.39 is 0 Å². The number of amidine groups is 1. The van der Waals surface area contributed by atoms with Gasteiger partial charge in [0.15, 0.2) is 7.85 Å². The van der Waals surface area contributed by atoms with Crippen LogP contribution in [0, 0.1) is 0 Å². The first-order valence-corrected chi connectivity index (χ1v) is 2.67. The molecule has 0 unspecified atom stereocenters. The van der Waals surface area contributed by atoms with E-state index in [1.165, 1.54) is 0 Å². The Kier molecular flexibility index (Phi) is 1.23. The van der Waals surface area contributed by atoms with E-state index in [-0.39, 0.29) is 0 Å². The molecule has 6 heteroatoms. The summed E-state index contributed by atoms with van der Waals surface area (Å²) >= 11 is 0. The second kappa shape index (κ2) is 1.76. The van der Waals surface area contributed by atoms with Crippen LogP contribution >= 0.6 is 0 Å². The zero-order chi connectivity index (χ0) is 6.15. The van der Waals surface area contributed by atoms with Gasteiger partial charge in [-0.1, -0.05) is 0 Å². The van der Waals surface area contributed by atoms with Crippen molar-refractivity contribution in [2.75, 3.05) is 6.67 Å². The van der Waals surface area contributed by atoms with Crippen molar-refractivity contribution in [3.63, 3.8) is 0 Å². The molecule has 1 aliphatic heterocycles. The van der Waals surface area contributed by atoms with E-state index in [4.69, 9.17) is 0 Å². The number of hydrazone groups is 1. The highest BCUT2D eigenvalue weighted by Gasteiger charge is 2.08. The average Bonchev–Trinajstić information content (AvgIpc) is 1.85. The summed E-state index contributed by atoms with van der Waals surface area (Å²) in [4.78, 5) is 4.01. The summed E-state index contributed by atoms with van der Waals surface area (Å²) < 4.78 is 0. The maximum atomic E-state index is 4.15. The highest BCUT2D eigenvalue weighted by molar-refractivity contribution is 6.61. The highest BCUT2D eigenvalue weighted by atomic mass is 15.5. The van der Waals surface area contributed by atoms with Gasteiger partial charge < -0.3 is 9.73 Å². The standard InChI is InChI=1S/C2H8B3N3/c3-2-6-8(5)1-7(2)4/h1,3-5H2. The number of hydrogen-bond donors (Lipinski definition) is 0. The van der Waals surface area contributed by atoms with Gasteiger partial charge in [-0.2, -0.15) is 5.10 Å². The fourth-order valence-electron chi connectivity index (χ4n) is 0.764. The van der Waals surface area contributed by atoms with Crippen LogP contribution in [0.3, 0.4) is 0 Å². The van der Waals surface area contributed by atoms with E-state index in [0.29, 0.717) is 0 Å². The summed E-state index contributed by atoms with van der Waals surface area (Å²) in [5.41, 5.74) is 1.09. The third-order valence-electron chi connectivity index (χ3n) is 1.28. The van der Waals surface area contributed by atoms with Crippen LogP contribution in [0.4, 0.5) is 0 Å². The third kappa shape index (κ3) is 0.829. The third-order valence-corrected chi connectivity index (χ3v) is 1.28. The second-order valence-electron chi connectivity index (χ2n) is 2.14. The molecule has 0 amide bonds. The first-order chi connectivity index (χ1) is 3.70. The molecule has 0 atom stereocenters. The summed E-state index contributed by atoms with van der Waals surface area (Å²) in [7, 11) is 6.00. The second-order valence-corrected chi connectivity index (χ2v) is 2.14. The molecule has 0 N–H and O–H groups in total. The lowest BCUT2D eigenvalue weighted by atomic mass is 10.1. The zero-order valence-corrected chi connectivity index (χ0v) is 5.55. The summed E-state index contributed by atoms with van der Waals surface area (Å²) in [5.74, 6) is 0. The molecule has 0 fully saturated rings. The van der Waals surface area contributed by atoms with E-state index in [0.717, 1.165) is 12.4 Å². The van der Waals surface area contributed by atoms with Crippen LogP contribution in [0.15, 0.2) is 5.10 Å². The van der Waals surface area contributed by atoms with Crippen molar-refractivity contribution in [1.82, 2.24) is 9.73 Å². The normalized spacial score (nSPS) is 19.2. The van der Waals surface area contributed by atoms with E-state index in [2.05, 4.69) is 9.91 Å². The Labute approximate surface area is 52.0 Å². The zero-order valence-electron chi connectivity index (χ0n) is 5.55. The van der Waals surface area contributed by atoms with E-state index in [1.807, 2.05) is 28.7 Å². The Morgan fingerprint density at radius 1 is 1.50 bits per heavy atom. The SMILES string of the molecule is BC1=NN(B)CN1B. The monoisotopic (exact) mass is 107 g/mol. The smallest absolute Gasteiger partial charge is 0.244 e. The van der Waals surface area contributed by atoms with Gasteiger partial charge in [-0.05, 0) is 0 Å². The van der Waals surface area contributed by atoms with Gasteiger partial charge in [-0.25, -0.2) is 0 Å². The molecule has 0 radical (unpaired) electrons. The molecule has 1 heterocycles. The van der Waals surface area contributed by atoms with Crippen molar-refractivity contribution in [3.05, 3.63) is 0 Å². The van der Waals surface area contributed by atoms with Crippen LogP contribution in [0.1, 0.15) is 0 Å². The number of nitrogens with zero attached hydrogens (tertiary/aromatic N) is 3. The Balaban J connectivity index is 2.59. The lowest BCUT2D eigenvalue weighted by Crippen LogP contribution is -2.27. The average molecular weight is 107 g/mol. The van der Waals surface area contributed by atoms with Crippen LogP contribution in [0.25, 0.3) is 0 Å². The van der Waals surface area contributed by atoms with Crippen molar-refractivity contribution >= 4 is 29.5 Å². The van der Waals surface area contributed by atoms with Gasteiger partial charge >= 0.3 is 0 Å².